The second-order valence-corrected chi connectivity index (χ2v) is 12.0. The van der Waals surface area contributed by atoms with Crippen LogP contribution in [0.5, 0.6) is 0 Å². The van der Waals surface area contributed by atoms with Crippen LogP contribution in [0.25, 0.3) is 0 Å². The third-order valence-corrected chi connectivity index (χ3v) is 14.2. The molecule has 0 spiro atoms. The molecule has 0 bridgehead atoms. The van der Waals surface area contributed by atoms with Crippen molar-refractivity contribution in [2.45, 2.75) is 27.2 Å². The molecule has 0 aromatic heterocycles. The molecule has 45 valence electrons. The van der Waals surface area contributed by atoms with E-state index in [0.717, 1.165) is 0 Å². The summed E-state index contributed by atoms with van der Waals surface area (Å²) in [6.07, 6.45) is 1.27. The molecular formula is C6H11Bi2. The summed E-state index contributed by atoms with van der Waals surface area (Å²) < 4.78 is 1.78. The molecule has 0 amide bonds. The van der Waals surface area contributed by atoms with Gasteiger partial charge in [-0.1, -0.05) is 0 Å². The van der Waals surface area contributed by atoms with Gasteiger partial charge in [0.1, 0.15) is 0 Å². The molecule has 8 heavy (non-hydrogen) atoms. The molecule has 0 saturated carbocycles. The molecule has 0 atom stereocenters. The Morgan fingerprint density at radius 1 is 1.50 bits per heavy atom. The normalized spacial score (nSPS) is 12.9. The predicted octanol–water partition coefficient (Wildman–Crippen LogP) is 1.48. The maximum absolute atomic E-state index is 2.32. The van der Waals surface area contributed by atoms with Gasteiger partial charge in [0.15, 0.2) is 0 Å². The molecule has 0 N–H and O–H groups in total. The Labute approximate surface area is 72.2 Å². The molecule has 0 unspecified atom stereocenters. The fourth-order valence-electron chi connectivity index (χ4n) is 0.341. The topological polar surface area (TPSA) is 0 Å². The molecule has 0 aromatic rings. The third kappa shape index (κ3) is 3.52. The van der Waals surface area contributed by atoms with Crippen LogP contribution in [-0.4, -0.2) is 37.0 Å². The van der Waals surface area contributed by atoms with E-state index in [-0.39, 0.29) is 17.8 Å². The number of allylic oxidation sites excluding steroid dienone is 2. The molecule has 0 aromatic carbocycles. The average Bonchev–Trinajstić information content (AvgIpc) is 1.84. The standard InChI is InChI=1S/C6H11.2Bi/c1-4-6(3)5-2;;/h4H2,1-3H3;;. The van der Waals surface area contributed by atoms with Gasteiger partial charge in [0.2, 0.25) is 0 Å². The summed E-state index contributed by atoms with van der Waals surface area (Å²) in [6, 6.07) is 0. The zero-order valence-electron chi connectivity index (χ0n) is 5.60. The van der Waals surface area contributed by atoms with Gasteiger partial charge in [0.25, 0.3) is 0 Å². The minimum atomic E-state index is -0.0439. The van der Waals surface area contributed by atoms with Crippen molar-refractivity contribution in [2.75, 3.05) is 0 Å². The summed E-state index contributed by atoms with van der Waals surface area (Å²) in [5, 5.41) is 0. The Morgan fingerprint density at radius 3 is 2.12 bits per heavy atom. The van der Waals surface area contributed by atoms with Crippen LogP contribution in [0.2, 0.25) is 0 Å². The summed E-state index contributed by atoms with van der Waals surface area (Å²) >= 11 is 1.63. The Balaban J connectivity index is 4.03. The van der Waals surface area contributed by atoms with Crippen LogP contribution in [0.15, 0.2) is 8.85 Å². The van der Waals surface area contributed by atoms with Crippen LogP contribution in [0.1, 0.15) is 27.2 Å². The van der Waals surface area contributed by atoms with Gasteiger partial charge in [-0.3, -0.25) is 0 Å². The van der Waals surface area contributed by atoms with E-state index in [0.29, 0.717) is 0 Å². The summed E-state index contributed by atoms with van der Waals surface area (Å²) in [5.74, 6) is 0. The first-order valence-electron chi connectivity index (χ1n) is 2.73. The Morgan fingerprint density at radius 2 is 2.00 bits per heavy atom. The van der Waals surface area contributed by atoms with Gasteiger partial charge in [-0.15, -0.1) is 0 Å². The van der Waals surface area contributed by atoms with Gasteiger partial charge < -0.3 is 0 Å². The molecule has 1 radical (unpaired) electrons. The summed E-state index contributed by atoms with van der Waals surface area (Å²) in [5.41, 5.74) is 1.66. The molecule has 0 saturated heterocycles. The van der Waals surface area contributed by atoms with Gasteiger partial charge in [0.05, 0.1) is 0 Å². The zero-order valence-corrected chi connectivity index (χ0v) is 12.6. The molecule has 0 aliphatic heterocycles. The van der Waals surface area contributed by atoms with E-state index >= 15 is 0 Å². The van der Waals surface area contributed by atoms with Crippen LogP contribution in [0, 0.1) is 0 Å². The van der Waals surface area contributed by atoms with Gasteiger partial charge in [-0.2, -0.15) is 0 Å². The second-order valence-electron chi connectivity index (χ2n) is 1.82. The SMILES string of the molecule is CCC(C)=[C](C)[Bi]=[Bi]. The molecule has 2 heteroatoms. The van der Waals surface area contributed by atoms with E-state index in [1.54, 1.807) is 28.1 Å². The summed E-state index contributed by atoms with van der Waals surface area (Å²) in [4.78, 5) is 0. The van der Waals surface area contributed by atoms with Crippen molar-refractivity contribution in [1.82, 2.24) is 0 Å². The first-order valence-corrected chi connectivity index (χ1v) is 19.7. The first kappa shape index (κ1) is 9.51. The quantitative estimate of drug-likeness (QED) is 0.504. The molecule has 0 heterocycles. The van der Waals surface area contributed by atoms with E-state index in [2.05, 4.69) is 20.8 Å². The van der Waals surface area contributed by atoms with Crippen molar-refractivity contribution in [3.05, 3.63) is 8.85 Å². The van der Waals surface area contributed by atoms with Crippen molar-refractivity contribution in [3.63, 3.8) is 0 Å². The van der Waals surface area contributed by atoms with Crippen molar-refractivity contribution in [1.29, 1.82) is 0 Å². The van der Waals surface area contributed by atoms with E-state index in [4.69, 9.17) is 0 Å². The van der Waals surface area contributed by atoms with Crippen molar-refractivity contribution in [2.24, 2.45) is 0 Å². The number of hydrogen-bond acceptors (Lipinski definition) is 0. The van der Waals surface area contributed by atoms with Crippen LogP contribution < -0.4 is 0 Å². The van der Waals surface area contributed by atoms with E-state index in [1.165, 1.54) is 6.42 Å². The Bertz CT molecular complexity index is 114. The molecular weight excluding hydrogens is 490 g/mol. The first-order chi connectivity index (χ1) is 3.72. The second kappa shape index (κ2) is 5.30. The van der Waals surface area contributed by atoms with Gasteiger partial charge in [0, 0.05) is 0 Å². The summed E-state index contributed by atoms with van der Waals surface area (Å²) in [7, 11) is 0. The van der Waals surface area contributed by atoms with Crippen LogP contribution in [-0.2, 0) is 0 Å². The van der Waals surface area contributed by atoms with Crippen molar-refractivity contribution >= 4 is 37.0 Å². The monoisotopic (exact) mass is 501 g/mol. The van der Waals surface area contributed by atoms with Crippen LogP contribution >= 0.6 is 0 Å². The van der Waals surface area contributed by atoms with Crippen molar-refractivity contribution < 1.29 is 0 Å². The van der Waals surface area contributed by atoms with E-state index in [9.17, 15) is 0 Å². The molecule has 0 aliphatic carbocycles. The average molecular weight is 501 g/mol. The Kier molecular flexibility index (Phi) is 6.30. The fraction of sp³-hybridized carbons (Fsp3) is 0.667. The molecule has 0 aliphatic rings. The predicted molar refractivity (Wildman–Crippen MR) is 40.2 cm³/mol. The number of hydrogen-bond donors (Lipinski definition) is 0. The van der Waals surface area contributed by atoms with Crippen LogP contribution in [0.3, 0.4) is 0 Å². The van der Waals surface area contributed by atoms with Crippen LogP contribution in [0.4, 0.5) is 0 Å². The minimum absolute atomic E-state index is 0.0439. The summed E-state index contributed by atoms with van der Waals surface area (Å²) in [6.45, 7) is 6.83. The molecule has 0 fully saturated rings. The van der Waals surface area contributed by atoms with Gasteiger partial charge in [-0.05, 0) is 0 Å². The Hall–Kier alpha value is 1.51. The maximum atomic E-state index is 2.32. The van der Waals surface area contributed by atoms with E-state index < -0.39 is 0 Å². The van der Waals surface area contributed by atoms with Crippen molar-refractivity contribution in [3.8, 4) is 0 Å². The van der Waals surface area contributed by atoms with Gasteiger partial charge in [-0.25, -0.2) is 0 Å². The fourth-order valence-corrected chi connectivity index (χ4v) is 7.44. The van der Waals surface area contributed by atoms with E-state index in [1.807, 2.05) is 0 Å². The number of rotatable bonds is 2. The van der Waals surface area contributed by atoms with Gasteiger partial charge >= 0.3 is 73.1 Å². The zero-order chi connectivity index (χ0) is 6.57. The molecule has 0 nitrogen and oxygen atoms in total. The third-order valence-electron chi connectivity index (χ3n) is 1.30. The molecule has 0 rings (SSSR count).